The lowest BCUT2D eigenvalue weighted by molar-refractivity contribution is 0.592. The van der Waals surface area contributed by atoms with Crippen molar-refractivity contribution >= 4 is 9.84 Å². The fraction of sp³-hybridized carbons (Fsp3) is 0.316. The van der Waals surface area contributed by atoms with Gasteiger partial charge in [0.05, 0.1) is 11.0 Å². The van der Waals surface area contributed by atoms with E-state index in [0.29, 0.717) is 0 Å². The van der Waals surface area contributed by atoms with Crippen LogP contribution in [-0.4, -0.2) is 19.2 Å². The molecular formula is C19H20N2O2S. The fourth-order valence-electron chi connectivity index (χ4n) is 3.23. The first-order chi connectivity index (χ1) is 11.3. The van der Waals surface area contributed by atoms with E-state index in [1.807, 2.05) is 37.3 Å². The number of hydrogen-bond donors (Lipinski definition) is 1. The van der Waals surface area contributed by atoms with Crippen molar-refractivity contribution in [2.45, 2.75) is 41.9 Å². The van der Waals surface area contributed by atoms with Crippen molar-refractivity contribution in [3.05, 3.63) is 65.2 Å². The van der Waals surface area contributed by atoms with Crippen molar-refractivity contribution in [3.63, 3.8) is 0 Å². The highest BCUT2D eigenvalue weighted by Crippen LogP contribution is 2.55. The summed E-state index contributed by atoms with van der Waals surface area (Å²) in [5.41, 5.74) is 7.72. The maximum Gasteiger partial charge on any atom is 0.184 e. The summed E-state index contributed by atoms with van der Waals surface area (Å²) in [6, 6.07) is 16.4. The number of rotatable bonds is 4. The van der Waals surface area contributed by atoms with E-state index in [9.17, 15) is 13.7 Å². The number of aryl methyl sites for hydroxylation is 2. The fourth-order valence-corrected chi connectivity index (χ4v) is 5.41. The van der Waals surface area contributed by atoms with Gasteiger partial charge in [0.1, 0.15) is 10.8 Å². The average molecular weight is 340 g/mol. The first-order valence-electron chi connectivity index (χ1n) is 7.94. The molecule has 0 unspecified atom stereocenters. The molecule has 2 N–H and O–H groups in total. The summed E-state index contributed by atoms with van der Waals surface area (Å²) >= 11 is 0. The summed E-state index contributed by atoms with van der Waals surface area (Å²) < 4.78 is 25.9. The van der Waals surface area contributed by atoms with Crippen LogP contribution in [0.5, 0.6) is 0 Å². The molecule has 0 saturated heterocycles. The normalized spacial score (nSPS) is 25.9. The van der Waals surface area contributed by atoms with Crippen LogP contribution in [0.4, 0.5) is 0 Å². The largest absolute Gasteiger partial charge is 0.312 e. The number of hydrogen-bond acceptors (Lipinski definition) is 4. The van der Waals surface area contributed by atoms with Gasteiger partial charge in [0.25, 0.3) is 0 Å². The first kappa shape index (κ1) is 16.7. The van der Waals surface area contributed by atoms with Gasteiger partial charge in [-0.1, -0.05) is 48.9 Å². The van der Waals surface area contributed by atoms with Gasteiger partial charge >= 0.3 is 0 Å². The standard InChI is InChI=1S/C19H20N2O2S/c1-3-14-6-8-15(9-7-14)17-18(19(17,21)12-20)24(22,23)16-10-4-13(2)5-11-16/h4-11,17-18H,3,21H2,1-2H3/t17-,18+,19+/m0/s1. The van der Waals surface area contributed by atoms with Crippen molar-refractivity contribution < 1.29 is 8.42 Å². The quantitative estimate of drug-likeness (QED) is 0.927. The molecule has 124 valence electrons. The Labute approximate surface area is 142 Å². The third kappa shape index (κ3) is 2.52. The summed E-state index contributed by atoms with van der Waals surface area (Å²) in [5, 5.41) is 8.57. The topological polar surface area (TPSA) is 83.9 Å². The lowest BCUT2D eigenvalue weighted by atomic mass is 10.0. The molecule has 1 fully saturated rings. The Hall–Kier alpha value is -2.16. The van der Waals surface area contributed by atoms with Gasteiger partial charge in [0.2, 0.25) is 0 Å². The van der Waals surface area contributed by atoms with Gasteiger partial charge < -0.3 is 5.73 Å². The number of benzene rings is 2. The van der Waals surface area contributed by atoms with Crippen LogP contribution in [0.2, 0.25) is 0 Å². The van der Waals surface area contributed by atoms with Crippen LogP contribution in [0.1, 0.15) is 29.5 Å². The van der Waals surface area contributed by atoms with E-state index < -0.39 is 26.5 Å². The molecule has 24 heavy (non-hydrogen) atoms. The van der Waals surface area contributed by atoms with Crippen molar-refractivity contribution in [2.24, 2.45) is 5.73 Å². The average Bonchev–Trinajstić information content (AvgIpc) is 3.23. The van der Waals surface area contributed by atoms with Crippen LogP contribution in [0.15, 0.2) is 53.4 Å². The van der Waals surface area contributed by atoms with Crippen molar-refractivity contribution in [3.8, 4) is 6.07 Å². The Balaban J connectivity index is 2.00. The van der Waals surface area contributed by atoms with E-state index in [1.54, 1.807) is 24.3 Å². The molecule has 0 radical (unpaired) electrons. The van der Waals surface area contributed by atoms with Gasteiger partial charge in [-0.15, -0.1) is 0 Å². The second kappa shape index (κ2) is 5.73. The van der Waals surface area contributed by atoms with E-state index in [-0.39, 0.29) is 4.90 Å². The minimum absolute atomic E-state index is 0.218. The predicted molar refractivity (Wildman–Crippen MR) is 93.2 cm³/mol. The first-order valence-corrected chi connectivity index (χ1v) is 9.48. The summed E-state index contributed by atoms with van der Waals surface area (Å²) in [5.74, 6) is -0.500. The molecule has 0 aliphatic heterocycles. The van der Waals surface area contributed by atoms with Gasteiger partial charge in [-0.25, -0.2) is 8.42 Å². The van der Waals surface area contributed by atoms with Crippen LogP contribution in [0.3, 0.4) is 0 Å². The Morgan fingerprint density at radius 3 is 2.21 bits per heavy atom. The zero-order valence-corrected chi connectivity index (χ0v) is 14.5. The summed E-state index contributed by atoms with van der Waals surface area (Å²) in [6.07, 6.45) is 0.905. The third-order valence-corrected chi connectivity index (χ3v) is 7.06. The molecule has 2 aromatic rings. The van der Waals surface area contributed by atoms with Crippen LogP contribution < -0.4 is 5.73 Å². The van der Waals surface area contributed by atoms with Gasteiger partial charge in [-0.05, 0) is 36.6 Å². The lowest BCUT2D eigenvalue weighted by Crippen LogP contribution is -2.29. The molecule has 0 spiro atoms. The highest BCUT2D eigenvalue weighted by Gasteiger charge is 2.70. The van der Waals surface area contributed by atoms with Crippen molar-refractivity contribution in [1.82, 2.24) is 0 Å². The second-order valence-electron chi connectivity index (χ2n) is 6.40. The molecule has 0 bridgehead atoms. The maximum atomic E-state index is 13.0. The van der Waals surface area contributed by atoms with Crippen molar-refractivity contribution in [1.29, 1.82) is 5.26 Å². The van der Waals surface area contributed by atoms with Gasteiger partial charge in [-0.3, -0.25) is 0 Å². The Bertz CT molecular complexity index is 896. The Kier molecular flexibility index (Phi) is 3.98. The van der Waals surface area contributed by atoms with Gasteiger partial charge in [-0.2, -0.15) is 5.26 Å². The zero-order valence-electron chi connectivity index (χ0n) is 13.7. The molecule has 1 saturated carbocycles. The van der Waals surface area contributed by atoms with Crippen molar-refractivity contribution in [2.75, 3.05) is 0 Å². The molecule has 0 amide bonds. The SMILES string of the molecule is CCc1ccc([C@H]2[C@@H](S(=O)(=O)c3ccc(C)cc3)[C@@]2(N)C#N)cc1. The summed E-state index contributed by atoms with van der Waals surface area (Å²) in [4.78, 5) is 0.218. The van der Waals surface area contributed by atoms with E-state index in [2.05, 4.69) is 6.92 Å². The molecule has 3 atom stereocenters. The van der Waals surface area contributed by atoms with Gasteiger partial charge in [0, 0.05) is 5.92 Å². The molecule has 4 nitrogen and oxygen atoms in total. The molecule has 0 aromatic heterocycles. The summed E-state index contributed by atoms with van der Waals surface area (Å²) in [7, 11) is -3.66. The van der Waals surface area contributed by atoms with Crippen LogP contribution in [-0.2, 0) is 16.3 Å². The second-order valence-corrected chi connectivity index (χ2v) is 8.47. The third-order valence-electron chi connectivity index (χ3n) is 4.80. The molecular weight excluding hydrogens is 320 g/mol. The minimum Gasteiger partial charge on any atom is -0.312 e. The number of nitrogens with zero attached hydrogens (tertiary/aromatic N) is 1. The number of nitriles is 1. The monoisotopic (exact) mass is 340 g/mol. The highest BCUT2D eigenvalue weighted by atomic mass is 32.2. The zero-order chi connectivity index (χ0) is 17.5. The smallest absolute Gasteiger partial charge is 0.184 e. The van der Waals surface area contributed by atoms with E-state index >= 15 is 0 Å². The van der Waals surface area contributed by atoms with Crippen LogP contribution in [0, 0.1) is 18.3 Å². The molecule has 1 aliphatic rings. The molecule has 2 aromatic carbocycles. The molecule has 3 rings (SSSR count). The maximum absolute atomic E-state index is 13.0. The van der Waals surface area contributed by atoms with Crippen LogP contribution in [0.25, 0.3) is 0 Å². The molecule has 0 heterocycles. The molecule has 1 aliphatic carbocycles. The number of sulfone groups is 1. The van der Waals surface area contributed by atoms with E-state index in [1.165, 1.54) is 0 Å². The Morgan fingerprint density at radius 2 is 1.71 bits per heavy atom. The van der Waals surface area contributed by atoms with E-state index in [4.69, 9.17) is 5.73 Å². The Morgan fingerprint density at radius 1 is 1.12 bits per heavy atom. The van der Waals surface area contributed by atoms with E-state index in [0.717, 1.165) is 23.1 Å². The van der Waals surface area contributed by atoms with Gasteiger partial charge in [0.15, 0.2) is 9.84 Å². The minimum atomic E-state index is -3.66. The predicted octanol–water partition coefficient (Wildman–Crippen LogP) is 2.72. The molecule has 5 heteroatoms. The highest BCUT2D eigenvalue weighted by molar-refractivity contribution is 7.92. The lowest BCUT2D eigenvalue weighted by Gasteiger charge is -2.05. The van der Waals surface area contributed by atoms with Crippen LogP contribution >= 0.6 is 0 Å². The number of nitrogens with two attached hydrogens (primary N) is 1. The summed E-state index contributed by atoms with van der Waals surface area (Å²) in [6.45, 7) is 3.95.